The van der Waals surface area contributed by atoms with Crippen molar-refractivity contribution < 1.29 is 9.90 Å². The third kappa shape index (κ3) is 3.53. The van der Waals surface area contributed by atoms with Crippen molar-refractivity contribution in [3.8, 4) is 0 Å². The predicted octanol–water partition coefficient (Wildman–Crippen LogP) is 0.977. The van der Waals surface area contributed by atoms with Crippen LogP contribution in [0.3, 0.4) is 0 Å². The zero-order valence-electron chi connectivity index (χ0n) is 11.7. The van der Waals surface area contributed by atoms with Crippen LogP contribution < -0.4 is 0 Å². The maximum absolute atomic E-state index is 12.1. The van der Waals surface area contributed by atoms with Crippen molar-refractivity contribution >= 4 is 5.91 Å². The zero-order valence-corrected chi connectivity index (χ0v) is 11.7. The molecule has 6 heteroatoms. The van der Waals surface area contributed by atoms with Crippen molar-refractivity contribution in [3.05, 3.63) is 11.9 Å². The lowest BCUT2D eigenvalue weighted by molar-refractivity contribution is -0.135. The van der Waals surface area contributed by atoms with Gasteiger partial charge < -0.3 is 10.0 Å². The van der Waals surface area contributed by atoms with Crippen LogP contribution in [0.25, 0.3) is 0 Å². The summed E-state index contributed by atoms with van der Waals surface area (Å²) in [5.41, 5.74) is 0.475. The minimum absolute atomic E-state index is 0.00189. The van der Waals surface area contributed by atoms with E-state index in [2.05, 4.69) is 10.3 Å². The van der Waals surface area contributed by atoms with Crippen molar-refractivity contribution in [2.75, 3.05) is 0 Å². The van der Waals surface area contributed by atoms with Crippen LogP contribution in [0.2, 0.25) is 0 Å². The first kappa shape index (κ1) is 14.6. The van der Waals surface area contributed by atoms with Gasteiger partial charge in [-0.1, -0.05) is 5.21 Å². The van der Waals surface area contributed by atoms with Gasteiger partial charge in [0.05, 0.1) is 12.3 Å². The summed E-state index contributed by atoms with van der Waals surface area (Å²) in [7, 11) is 0. The highest BCUT2D eigenvalue weighted by Gasteiger charge is 2.20. The van der Waals surface area contributed by atoms with Gasteiger partial charge in [-0.25, -0.2) is 4.68 Å². The maximum atomic E-state index is 12.1. The predicted molar refractivity (Wildman–Crippen MR) is 67.8 cm³/mol. The van der Waals surface area contributed by atoms with Crippen molar-refractivity contribution in [2.24, 2.45) is 0 Å². The van der Waals surface area contributed by atoms with Gasteiger partial charge in [-0.15, -0.1) is 5.10 Å². The average molecular weight is 254 g/mol. The summed E-state index contributed by atoms with van der Waals surface area (Å²) >= 11 is 0. The fourth-order valence-electron chi connectivity index (χ4n) is 1.97. The van der Waals surface area contributed by atoms with Crippen LogP contribution in [0.15, 0.2) is 6.20 Å². The molecule has 102 valence electrons. The van der Waals surface area contributed by atoms with Crippen molar-refractivity contribution in [1.29, 1.82) is 0 Å². The van der Waals surface area contributed by atoms with Crippen molar-refractivity contribution in [2.45, 2.75) is 59.4 Å². The largest absolute Gasteiger partial charge is 0.387 e. The summed E-state index contributed by atoms with van der Waals surface area (Å²) in [6, 6.07) is 0.300. The van der Waals surface area contributed by atoms with Crippen LogP contribution in [-0.2, 0) is 11.3 Å². The highest BCUT2D eigenvalue weighted by molar-refractivity contribution is 5.76. The van der Waals surface area contributed by atoms with Gasteiger partial charge in [0.25, 0.3) is 0 Å². The van der Waals surface area contributed by atoms with E-state index in [1.807, 2.05) is 32.6 Å². The summed E-state index contributed by atoms with van der Waals surface area (Å²) in [5.74, 6) is 0.00189. The number of nitrogens with zero attached hydrogens (tertiary/aromatic N) is 4. The van der Waals surface area contributed by atoms with E-state index < -0.39 is 6.10 Å². The number of rotatable bonds is 5. The van der Waals surface area contributed by atoms with Gasteiger partial charge >= 0.3 is 0 Å². The lowest BCUT2D eigenvalue weighted by Gasteiger charge is -2.30. The van der Waals surface area contributed by atoms with Gasteiger partial charge in [-0.3, -0.25) is 4.79 Å². The van der Waals surface area contributed by atoms with Crippen LogP contribution >= 0.6 is 0 Å². The Balaban J connectivity index is 2.73. The normalized spacial score (nSPS) is 13.1. The fourth-order valence-corrected chi connectivity index (χ4v) is 1.97. The van der Waals surface area contributed by atoms with Crippen LogP contribution in [0.1, 0.15) is 46.4 Å². The summed E-state index contributed by atoms with van der Waals surface area (Å²) in [6.07, 6.45) is 0.932. The molecule has 1 aromatic heterocycles. The molecule has 1 N–H and O–H groups in total. The first-order valence-corrected chi connectivity index (χ1v) is 6.22. The van der Waals surface area contributed by atoms with Gasteiger partial charge in [0.1, 0.15) is 12.2 Å². The Labute approximate surface area is 108 Å². The quantitative estimate of drug-likeness (QED) is 0.850. The molecule has 0 aliphatic carbocycles. The Hall–Kier alpha value is -1.43. The van der Waals surface area contributed by atoms with E-state index in [-0.39, 0.29) is 24.5 Å². The highest BCUT2D eigenvalue weighted by Crippen LogP contribution is 2.09. The number of aliphatic hydroxyl groups excluding tert-OH is 1. The molecule has 0 aromatic carbocycles. The van der Waals surface area contributed by atoms with E-state index in [9.17, 15) is 9.90 Å². The molecule has 1 heterocycles. The molecule has 0 aliphatic heterocycles. The lowest BCUT2D eigenvalue weighted by Crippen LogP contribution is -2.43. The molecule has 0 fully saturated rings. The van der Waals surface area contributed by atoms with Gasteiger partial charge in [-0.05, 0) is 34.6 Å². The molecule has 0 bridgehead atoms. The Kier molecular flexibility index (Phi) is 4.84. The van der Waals surface area contributed by atoms with Gasteiger partial charge in [0.2, 0.25) is 5.91 Å². The molecular formula is C12H22N4O2. The molecule has 6 nitrogen and oxygen atoms in total. The van der Waals surface area contributed by atoms with E-state index in [1.165, 1.54) is 4.68 Å². The molecule has 1 atom stereocenters. The third-order valence-electron chi connectivity index (χ3n) is 2.68. The first-order chi connectivity index (χ1) is 8.32. The number of carbonyl (C=O) groups excluding carboxylic acids is 1. The monoisotopic (exact) mass is 254 g/mol. The Bertz CT molecular complexity index is 391. The lowest BCUT2D eigenvalue weighted by atomic mass is 10.2. The van der Waals surface area contributed by atoms with Gasteiger partial charge in [0.15, 0.2) is 0 Å². The Morgan fingerprint density at radius 2 is 1.89 bits per heavy atom. The zero-order chi connectivity index (χ0) is 13.9. The standard InChI is InChI=1S/C12H22N4O2/c1-8(2)16(9(3)4)12(18)7-15-6-11(10(5)17)13-14-15/h6,8-10,17H,7H2,1-5H3. The van der Waals surface area contributed by atoms with E-state index >= 15 is 0 Å². The Morgan fingerprint density at radius 1 is 1.33 bits per heavy atom. The minimum Gasteiger partial charge on any atom is -0.387 e. The highest BCUT2D eigenvalue weighted by atomic mass is 16.3. The summed E-state index contributed by atoms with van der Waals surface area (Å²) < 4.78 is 1.46. The van der Waals surface area contributed by atoms with Crippen LogP contribution in [0.4, 0.5) is 0 Å². The first-order valence-electron chi connectivity index (χ1n) is 6.22. The maximum Gasteiger partial charge on any atom is 0.244 e. The third-order valence-corrected chi connectivity index (χ3v) is 2.68. The molecule has 0 radical (unpaired) electrons. The van der Waals surface area contributed by atoms with Crippen molar-refractivity contribution in [1.82, 2.24) is 19.9 Å². The molecule has 1 aromatic rings. The number of aliphatic hydroxyl groups is 1. The SMILES string of the molecule is CC(O)c1cn(CC(=O)N(C(C)C)C(C)C)nn1. The molecule has 0 saturated carbocycles. The van der Waals surface area contributed by atoms with E-state index in [4.69, 9.17) is 0 Å². The molecule has 1 unspecified atom stereocenters. The van der Waals surface area contributed by atoms with E-state index in [1.54, 1.807) is 13.1 Å². The number of hydrogen-bond acceptors (Lipinski definition) is 4. The van der Waals surface area contributed by atoms with Gasteiger partial charge in [0, 0.05) is 12.1 Å². The second kappa shape index (κ2) is 5.95. The summed E-state index contributed by atoms with van der Waals surface area (Å²) in [6.45, 7) is 9.71. The van der Waals surface area contributed by atoms with E-state index in [0.29, 0.717) is 5.69 Å². The smallest absolute Gasteiger partial charge is 0.244 e. The minimum atomic E-state index is -0.667. The summed E-state index contributed by atoms with van der Waals surface area (Å²) in [5, 5.41) is 17.0. The number of hydrogen-bond donors (Lipinski definition) is 1. The molecule has 1 rings (SSSR count). The van der Waals surface area contributed by atoms with Crippen molar-refractivity contribution in [3.63, 3.8) is 0 Å². The molecule has 0 spiro atoms. The second-order valence-electron chi connectivity index (χ2n) is 5.01. The number of amides is 1. The van der Waals surface area contributed by atoms with Crippen LogP contribution in [-0.4, -0.2) is 43.0 Å². The van der Waals surface area contributed by atoms with Crippen LogP contribution in [0, 0.1) is 0 Å². The number of carbonyl (C=O) groups is 1. The topological polar surface area (TPSA) is 71.2 Å². The molecule has 0 aliphatic rings. The number of aromatic nitrogens is 3. The second-order valence-corrected chi connectivity index (χ2v) is 5.01. The van der Waals surface area contributed by atoms with Gasteiger partial charge in [-0.2, -0.15) is 0 Å². The molecular weight excluding hydrogens is 232 g/mol. The summed E-state index contributed by atoms with van der Waals surface area (Å²) in [4.78, 5) is 14.0. The average Bonchev–Trinajstić information content (AvgIpc) is 2.64. The molecule has 1 amide bonds. The fraction of sp³-hybridized carbons (Fsp3) is 0.750. The van der Waals surface area contributed by atoms with Crippen LogP contribution in [0.5, 0.6) is 0 Å². The molecule has 18 heavy (non-hydrogen) atoms. The molecule has 0 saturated heterocycles. The Morgan fingerprint density at radius 3 is 2.28 bits per heavy atom. The van der Waals surface area contributed by atoms with E-state index in [0.717, 1.165) is 0 Å².